The number of aliphatic imine (C=N–C) groups is 2. The third kappa shape index (κ3) is 61.7. The zero-order valence-electron chi connectivity index (χ0n) is 25.7. The van der Waals surface area contributed by atoms with Crippen LogP contribution in [0.3, 0.4) is 0 Å². The summed E-state index contributed by atoms with van der Waals surface area (Å²) in [6.45, 7) is 6.16. The van der Waals surface area contributed by atoms with Crippen LogP contribution in [0.5, 0.6) is 0 Å². The van der Waals surface area contributed by atoms with E-state index in [4.69, 9.17) is 0 Å². The molecule has 4 nitrogen and oxygen atoms in total. The Bertz CT molecular complexity index is 735. The molecule has 230 valence electrons. The van der Waals surface area contributed by atoms with Crippen molar-refractivity contribution >= 4 is 6.01 Å². The Morgan fingerprint density at radius 3 is 0.732 bits per heavy atom. The SMILES string of the molecule is C.C.CC.CCc1ccccc1.CN=C=NC.COC.COC.c1ccccc1.c1ccccc1.c1ccccc1. The number of nitrogens with zero attached hydrogens (tertiary/aromatic N) is 2. The average molecular weight is 565 g/mol. The summed E-state index contributed by atoms with van der Waals surface area (Å²) in [5.41, 5.74) is 1.41. The van der Waals surface area contributed by atoms with Crippen LogP contribution in [0.4, 0.5) is 0 Å². The maximum atomic E-state index is 4.25. The number of ether oxygens (including phenoxy) is 2. The Morgan fingerprint density at radius 2 is 0.634 bits per heavy atom. The number of benzene rings is 4. The van der Waals surface area contributed by atoms with Crippen LogP contribution in [0.25, 0.3) is 0 Å². The van der Waals surface area contributed by atoms with Crippen molar-refractivity contribution in [3.63, 3.8) is 0 Å². The maximum absolute atomic E-state index is 4.25. The Labute approximate surface area is 254 Å². The van der Waals surface area contributed by atoms with Crippen LogP contribution in [0.1, 0.15) is 41.2 Å². The quantitative estimate of drug-likeness (QED) is 0.216. The number of hydrogen-bond acceptors (Lipinski definition) is 4. The zero-order chi connectivity index (χ0) is 30.1. The van der Waals surface area contributed by atoms with Gasteiger partial charge in [0.25, 0.3) is 0 Å². The van der Waals surface area contributed by atoms with Crippen LogP contribution in [0.2, 0.25) is 0 Å². The van der Waals surface area contributed by atoms with E-state index >= 15 is 0 Å². The Kier molecular flexibility index (Phi) is 68.8. The molecule has 4 rings (SSSR count). The molecule has 0 N–H and O–H groups in total. The lowest BCUT2D eigenvalue weighted by atomic mass is 10.2. The van der Waals surface area contributed by atoms with E-state index in [0.717, 1.165) is 6.42 Å². The van der Waals surface area contributed by atoms with E-state index in [1.807, 2.05) is 129 Å². The first kappa shape index (κ1) is 50.1. The number of hydrogen-bond donors (Lipinski definition) is 0. The van der Waals surface area contributed by atoms with Gasteiger partial charge in [0.05, 0.1) is 6.01 Å². The van der Waals surface area contributed by atoms with Gasteiger partial charge in [-0.05, 0) is 12.0 Å². The summed E-state index contributed by atoms with van der Waals surface area (Å²) >= 11 is 0. The second-order valence-electron chi connectivity index (χ2n) is 6.67. The fraction of sp³-hybridized carbons (Fsp3) is 0.324. The lowest BCUT2D eigenvalue weighted by Gasteiger charge is -1.89. The van der Waals surface area contributed by atoms with Gasteiger partial charge in [0, 0.05) is 42.5 Å². The molecule has 4 heteroatoms. The average Bonchev–Trinajstić information content (AvgIpc) is 3.04. The van der Waals surface area contributed by atoms with Gasteiger partial charge in [0.15, 0.2) is 0 Å². The van der Waals surface area contributed by atoms with Gasteiger partial charge >= 0.3 is 0 Å². The molecule has 0 atom stereocenters. The van der Waals surface area contributed by atoms with E-state index in [0.29, 0.717) is 0 Å². The minimum Gasteiger partial charge on any atom is -0.388 e. The number of rotatable bonds is 1. The van der Waals surface area contributed by atoms with Gasteiger partial charge in [0.2, 0.25) is 0 Å². The lowest BCUT2D eigenvalue weighted by molar-refractivity contribution is 0.277. The van der Waals surface area contributed by atoms with Crippen molar-refractivity contribution in [3.8, 4) is 0 Å². The van der Waals surface area contributed by atoms with Crippen LogP contribution >= 0.6 is 0 Å². The highest BCUT2D eigenvalue weighted by atomic mass is 16.5. The molecule has 4 aromatic rings. The maximum Gasteiger partial charge on any atom is 0.0886 e. The van der Waals surface area contributed by atoms with Gasteiger partial charge in [-0.1, -0.05) is 175 Å². The predicted octanol–water partition coefficient (Wildman–Crippen LogP) is 10.6. The molecule has 0 aromatic heterocycles. The van der Waals surface area contributed by atoms with Gasteiger partial charge < -0.3 is 9.47 Å². The predicted molar refractivity (Wildman–Crippen MR) is 188 cm³/mol. The first-order valence-corrected chi connectivity index (χ1v) is 12.9. The van der Waals surface area contributed by atoms with Crippen molar-refractivity contribution < 1.29 is 9.47 Å². The van der Waals surface area contributed by atoms with E-state index in [9.17, 15) is 0 Å². The van der Waals surface area contributed by atoms with E-state index in [1.54, 1.807) is 42.5 Å². The molecule has 0 radical (unpaired) electrons. The zero-order valence-corrected chi connectivity index (χ0v) is 25.7. The molecule has 4 aromatic carbocycles. The third-order valence-electron chi connectivity index (χ3n) is 3.45. The molecule has 0 aliphatic rings. The van der Waals surface area contributed by atoms with Crippen LogP contribution in [0.15, 0.2) is 150 Å². The molecule has 0 saturated heterocycles. The summed E-state index contributed by atoms with van der Waals surface area (Å²) < 4.78 is 8.50. The Morgan fingerprint density at radius 1 is 0.463 bits per heavy atom. The highest BCUT2D eigenvalue weighted by molar-refractivity contribution is 5.39. The summed E-state index contributed by atoms with van der Waals surface area (Å²) in [6, 6.07) is 48.8. The second-order valence-corrected chi connectivity index (χ2v) is 6.67. The Balaban J connectivity index is -0.0000000874. The van der Waals surface area contributed by atoms with E-state index in [2.05, 4.69) is 56.7 Å². The van der Waals surface area contributed by atoms with Crippen molar-refractivity contribution in [2.45, 2.75) is 42.0 Å². The number of methoxy groups -OCH3 is 2. The smallest absolute Gasteiger partial charge is 0.0886 e. The summed E-state index contributed by atoms with van der Waals surface area (Å²) in [5.74, 6) is 0. The molecule has 41 heavy (non-hydrogen) atoms. The van der Waals surface area contributed by atoms with Crippen LogP contribution in [0, 0.1) is 0 Å². The fourth-order valence-corrected chi connectivity index (χ4v) is 1.97. The van der Waals surface area contributed by atoms with Crippen molar-refractivity contribution in [1.82, 2.24) is 0 Å². The minimum atomic E-state index is 0. The van der Waals surface area contributed by atoms with Gasteiger partial charge in [-0.15, -0.1) is 0 Å². The molecule has 0 bridgehead atoms. The van der Waals surface area contributed by atoms with Crippen LogP contribution in [-0.2, 0) is 15.9 Å². The minimum absolute atomic E-state index is 0. The first-order chi connectivity index (χ1) is 19.2. The van der Waals surface area contributed by atoms with Gasteiger partial charge in [-0.25, -0.2) is 9.98 Å². The first-order valence-electron chi connectivity index (χ1n) is 12.9. The largest absolute Gasteiger partial charge is 0.388 e. The van der Waals surface area contributed by atoms with Gasteiger partial charge in [0.1, 0.15) is 0 Å². The van der Waals surface area contributed by atoms with Crippen LogP contribution in [-0.4, -0.2) is 48.5 Å². The summed E-state index contributed by atoms with van der Waals surface area (Å²) in [5, 5.41) is 0. The molecule has 0 fully saturated rings. The third-order valence-corrected chi connectivity index (χ3v) is 3.45. The topological polar surface area (TPSA) is 43.2 Å². The molecular formula is C37H60N2O2. The summed E-state index contributed by atoms with van der Waals surface area (Å²) in [6.07, 6.45) is 1.14. The number of aryl methyl sites for hydroxylation is 1. The molecular weight excluding hydrogens is 504 g/mol. The summed E-state index contributed by atoms with van der Waals surface area (Å²) in [4.78, 5) is 6.88. The van der Waals surface area contributed by atoms with E-state index in [-0.39, 0.29) is 14.9 Å². The molecule has 0 amide bonds. The molecule has 0 saturated carbocycles. The van der Waals surface area contributed by atoms with Crippen molar-refractivity contribution in [2.75, 3.05) is 42.5 Å². The summed E-state index contributed by atoms with van der Waals surface area (Å²) in [7, 11) is 9.76. The highest BCUT2D eigenvalue weighted by Crippen LogP contribution is 1.96. The van der Waals surface area contributed by atoms with E-state index < -0.39 is 0 Å². The highest BCUT2D eigenvalue weighted by Gasteiger charge is 1.80. The molecule has 0 heterocycles. The lowest BCUT2D eigenvalue weighted by Crippen LogP contribution is -1.73. The van der Waals surface area contributed by atoms with Crippen molar-refractivity contribution in [1.29, 1.82) is 0 Å². The molecule has 0 unspecified atom stereocenters. The fourth-order valence-electron chi connectivity index (χ4n) is 1.97. The Hall–Kier alpha value is -3.82. The normalized spacial score (nSPS) is 6.95. The van der Waals surface area contributed by atoms with E-state index in [1.165, 1.54) is 5.56 Å². The standard InChI is InChI=1S/C8H10.3C6H6.C3H6N2.2C2H6O.C2H6.2CH4/c1-2-8-6-4-3-5-7-8;3*1-2-4-6-5-3-1;1-4-3-5-2;2*1-3-2;1-2;;/h3-7H,2H2,1H3;3*1-6H;1-2H3;2*1-2H3;1-2H3;2*1H4. The molecule has 0 spiro atoms. The molecule has 0 aliphatic heterocycles. The monoisotopic (exact) mass is 564 g/mol. The van der Waals surface area contributed by atoms with Gasteiger partial charge in [-0.3, -0.25) is 0 Å². The molecule has 0 aliphatic carbocycles. The van der Waals surface area contributed by atoms with Gasteiger partial charge in [-0.2, -0.15) is 0 Å². The van der Waals surface area contributed by atoms with Crippen molar-refractivity contribution in [2.24, 2.45) is 9.98 Å². The van der Waals surface area contributed by atoms with Crippen molar-refractivity contribution in [3.05, 3.63) is 145 Å². The van der Waals surface area contributed by atoms with Crippen LogP contribution < -0.4 is 0 Å². The second kappa shape index (κ2) is 56.4.